The van der Waals surface area contributed by atoms with Crippen molar-refractivity contribution in [3.8, 4) is 0 Å². The molecule has 2 rings (SSSR count). The summed E-state index contributed by atoms with van der Waals surface area (Å²) in [5.74, 6) is 1.99. The molecule has 21 heavy (non-hydrogen) atoms. The second-order valence-corrected chi connectivity index (χ2v) is 8.54. The molecule has 0 aliphatic rings. The first-order valence-corrected chi connectivity index (χ1v) is 8.82. The van der Waals surface area contributed by atoms with Crippen molar-refractivity contribution in [1.82, 2.24) is 5.32 Å². The molecule has 1 aromatic heterocycles. The molecule has 0 fully saturated rings. The van der Waals surface area contributed by atoms with E-state index in [0.717, 1.165) is 40.5 Å². The van der Waals surface area contributed by atoms with Crippen LogP contribution in [0, 0.1) is 0 Å². The van der Waals surface area contributed by atoms with Crippen LogP contribution in [0.4, 0.5) is 0 Å². The fraction of sp³-hybridized carbons (Fsp3) is 0.529. The van der Waals surface area contributed by atoms with E-state index in [1.807, 2.05) is 30.0 Å². The molecule has 0 saturated heterocycles. The van der Waals surface area contributed by atoms with Gasteiger partial charge < -0.3 is 9.73 Å². The van der Waals surface area contributed by atoms with Gasteiger partial charge in [-0.05, 0) is 37.2 Å². The van der Waals surface area contributed by atoms with E-state index in [9.17, 15) is 0 Å². The average Bonchev–Trinajstić information content (AvgIpc) is 2.80. The summed E-state index contributed by atoms with van der Waals surface area (Å²) in [6, 6.07) is 8.11. The smallest absolute Gasteiger partial charge is 0.134 e. The number of benzene rings is 1. The van der Waals surface area contributed by atoms with E-state index >= 15 is 0 Å². The monoisotopic (exact) mass is 325 g/mol. The zero-order valence-corrected chi connectivity index (χ0v) is 14.8. The number of hydrogen-bond donors (Lipinski definition) is 1. The minimum Gasteiger partial charge on any atom is -0.459 e. The van der Waals surface area contributed by atoms with Crippen LogP contribution < -0.4 is 5.32 Å². The highest BCUT2D eigenvalue weighted by Crippen LogP contribution is 2.31. The summed E-state index contributed by atoms with van der Waals surface area (Å²) in [5.41, 5.74) is 0.901. The first-order chi connectivity index (χ1) is 9.89. The Morgan fingerprint density at radius 2 is 2.05 bits per heavy atom. The summed E-state index contributed by atoms with van der Waals surface area (Å²) in [7, 11) is 0. The lowest BCUT2D eigenvalue weighted by Gasteiger charge is -2.22. The topological polar surface area (TPSA) is 25.2 Å². The Bertz CT molecular complexity index is 588. The molecule has 1 N–H and O–H groups in total. The van der Waals surface area contributed by atoms with Crippen LogP contribution >= 0.6 is 23.4 Å². The second-order valence-electron chi connectivity index (χ2n) is 6.26. The summed E-state index contributed by atoms with van der Waals surface area (Å²) in [5, 5.41) is 5.40. The molecule has 0 saturated carbocycles. The van der Waals surface area contributed by atoms with Crippen molar-refractivity contribution in [2.75, 3.05) is 12.3 Å². The largest absolute Gasteiger partial charge is 0.459 e. The minimum atomic E-state index is 0.236. The number of fused-ring (bicyclic) bond motifs is 1. The minimum absolute atomic E-state index is 0.236. The molecule has 0 aliphatic carbocycles. The van der Waals surface area contributed by atoms with Gasteiger partial charge in [0.1, 0.15) is 11.3 Å². The lowest BCUT2D eigenvalue weighted by molar-refractivity contribution is 0.455. The van der Waals surface area contributed by atoms with Gasteiger partial charge in [0.25, 0.3) is 0 Å². The maximum Gasteiger partial charge on any atom is 0.134 e. The average molecular weight is 326 g/mol. The second kappa shape index (κ2) is 7.08. The van der Waals surface area contributed by atoms with Crippen LogP contribution in [-0.4, -0.2) is 17.0 Å². The summed E-state index contributed by atoms with van der Waals surface area (Å²) in [6.45, 7) is 9.90. The van der Waals surface area contributed by atoms with E-state index in [4.69, 9.17) is 16.0 Å². The molecular formula is C17H24ClNOS. The highest BCUT2D eigenvalue weighted by Gasteiger charge is 2.20. The van der Waals surface area contributed by atoms with Gasteiger partial charge in [0.05, 0.1) is 6.04 Å². The van der Waals surface area contributed by atoms with Crippen molar-refractivity contribution in [3.05, 3.63) is 35.0 Å². The SMILES string of the molecule is CCCNC(CSC(C)(C)C)c1cc2cc(Cl)ccc2o1. The van der Waals surface area contributed by atoms with Crippen molar-refractivity contribution in [2.45, 2.75) is 44.9 Å². The zero-order valence-electron chi connectivity index (χ0n) is 13.2. The third-order valence-electron chi connectivity index (χ3n) is 3.16. The molecule has 1 atom stereocenters. The summed E-state index contributed by atoms with van der Waals surface area (Å²) in [4.78, 5) is 0. The molecule has 0 radical (unpaired) electrons. The van der Waals surface area contributed by atoms with Gasteiger partial charge >= 0.3 is 0 Å². The molecule has 116 valence electrons. The fourth-order valence-electron chi connectivity index (χ4n) is 2.10. The van der Waals surface area contributed by atoms with Crippen LogP contribution in [0.1, 0.15) is 45.9 Å². The molecule has 2 nitrogen and oxygen atoms in total. The van der Waals surface area contributed by atoms with E-state index in [-0.39, 0.29) is 10.8 Å². The van der Waals surface area contributed by atoms with Gasteiger partial charge in [0.15, 0.2) is 0 Å². The predicted molar refractivity (Wildman–Crippen MR) is 94.5 cm³/mol. The van der Waals surface area contributed by atoms with Crippen LogP contribution in [0.5, 0.6) is 0 Å². The maximum absolute atomic E-state index is 6.05. The molecule has 1 heterocycles. The number of thioether (sulfide) groups is 1. The molecule has 0 amide bonds. The third kappa shape index (κ3) is 4.94. The molecule has 2 aromatic rings. The van der Waals surface area contributed by atoms with Gasteiger partial charge in [0, 0.05) is 20.9 Å². The van der Waals surface area contributed by atoms with Gasteiger partial charge in [-0.3, -0.25) is 0 Å². The zero-order chi connectivity index (χ0) is 15.5. The first kappa shape index (κ1) is 16.7. The van der Waals surface area contributed by atoms with E-state index in [2.05, 4.69) is 39.1 Å². The van der Waals surface area contributed by atoms with E-state index in [1.165, 1.54) is 0 Å². The third-order valence-corrected chi connectivity index (χ3v) is 4.77. The number of nitrogens with one attached hydrogen (secondary N) is 1. The molecule has 0 bridgehead atoms. The number of hydrogen-bond acceptors (Lipinski definition) is 3. The van der Waals surface area contributed by atoms with Gasteiger partial charge in [0.2, 0.25) is 0 Å². The number of furan rings is 1. The Balaban J connectivity index is 2.20. The highest BCUT2D eigenvalue weighted by atomic mass is 35.5. The van der Waals surface area contributed by atoms with Gasteiger partial charge in [-0.1, -0.05) is 39.3 Å². The molecule has 0 aliphatic heterocycles. The Morgan fingerprint density at radius 1 is 1.29 bits per heavy atom. The maximum atomic E-state index is 6.05. The molecule has 1 unspecified atom stereocenters. The van der Waals surface area contributed by atoms with Gasteiger partial charge in [-0.15, -0.1) is 0 Å². The van der Waals surface area contributed by atoms with Crippen molar-refractivity contribution >= 4 is 34.3 Å². The van der Waals surface area contributed by atoms with Gasteiger partial charge in [-0.25, -0.2) is 0 Å². The molecule has 4 heteroatoms. The van der Waals surface area contributed by atoms with Crippen LogP contribution in [0.3, 0.4) is 0 Å². The van der Waals surface area contributed by atoms with Crippen molar-refractivity contribution in [3.63, 3.8) is 0 Å². The summed E-state index contributed by atoms with van der Waals surface area (Å²) < 4.78 is 6.26. The van der Waals surface area contributed by atoms with E-state index < -0.39 is 0 Å². The van der Waals surface area contributed by atoms with Crippen molar-refractivity contribution in [2.24, 2.45) is 0 Å². The standard InChI is InChI=1S/C17H24ClNOS/c1-5-8-19-14(11-21-17(2,3)4)16-10-12-9-13(18)6-7-15(12)20-16/h6-7,9-10,14,19H,5,8,11H2,1-4H3. The molecule has 1 aromatic carbocycles. The van der Waals surface area contributed by atoms with Crippen LogP contribution in [0.15, 0.2) is 28.7 Å². The normalized spacial score (nSPS) is 13.8. The lowest BCUT2D eigenvalue weighted by atomic mass is 10.2. The Labute approximate surface area is 136 Å². The van der Waals surface area contributed by atoms with Crippen molar-refractivity contribution in [1.29, 1.82) is 0 Å². The Morgan fingerprint density at radius 3 is 2.71 bits per heavy atom. The van der Waals surface area contributed by atoms with E-state index in [0.29, 0.717) is 0 Å². The lowest BCUT2D eigenvalue weighted by Crippen LogP contribution is -2.25. The molecular weight excluding hydrogens is 302 g/mol. The fourth-order valence-corrected chi connectivity index (χ4v) is 3.23. The highest BCUT2D eigenvalue weighted by molar-refractivity contribution is 8.00. The van der Waals surface area contributed by atoms with Crippen LogP contribution in [-0.2, 0) is 0 Å². The Kier molecular flexibility index (Phi) is 5.64. The quantitative estimate of drug-likeness (QED) is 0.742. The summed E-state index contributed by atoms with van der Waals surface area (Å²) >= 11 is 8.00. The predicted octanol–water partition coefficient (Wildman–Crippen LogP) is 5.66. The Hall–Kier alpha value is -0.640. The first-order valence-electron chi connectivity index (χ1n) is 7.45. The van der Waals surface area contributed by atoms with Crippen LogP contribution in [0.25, 0.3) is 11.0 Å². The van der Waals surface area contributed by atoms with Crippen molar-refractivity contribution < 1.29 is 4.42 Å². The number of halogens is 1. The van der Waals surface area contributed by atoms with Gasteiger partial charge in [-0.2, -0.15) is 11.8 Å². The number of rotatable bonds is 6. The summed E-state index contributed by atoms with van der Waals surface area (Å²) in [6.07, 6.45) is 1.11. The van der Waals surface area contributed by atoms with E-state index in [1.54, 1.807) is 0 Å². The van der Waals surface area contributed by atoms with Crippen LogP contribution in [0.2, 0.25) is 5.02 Å². The molecule has 0 spiro atoms.